The second kappa shape index (κ2) is 82.2. The molecule has 0 fully saturated rings. The SMILES string of the molecule is CCCCCCCCCCCCCCCCCCCCCCCC(=O)O[C@H](COC(=O)CCCCCCCCCCCCCCCCC(C)CC)COP(=O)(O)OC[C@@H](O)COP(=O)(O)OC[C@@H](COC(=O)CCCCCCCCCCCCCCC)OC(=O)CCCCCCCCCCCCCCCCC(C)CC. The third-order valence-corrected chi connectivity index (χ3v) is 24.1. The number of unbranched alkanes of at least 4 members (excludes halogenated alkanes) is 58. The summed E-state index contributed by atoms with van der Waals surface area (Å²) in [6, 6.07) is 0. The van der Waals surface area contributed by atoms with Crippen molar-refractivity contribution in [3.63, 3.8) is 0 Å². The smallest absolute Gasteiger partial charge is 0.462 e. The molecule has 19 heteroatoms. The molecular weight excluding hydrogens is 1430 g/mol. The lowest BCUT2D eigenvalue weighted by molar-refractivity contribution is -0.161. The largest absolute Gasteiger partial charge is 0.472 e. The summed E-state index contributed by atoms with van der Waals surface area (Å²) in [5.74, 6) is -0.398. The molecule has 0 aromatic heterocycles. The van der Waals surface area contributed by atoms with Gasteiger partial charge in [-0.3, -0.25) is 37.3 Å². The van der Waals surface area contributed by atoms with Crippen LogP contribution < -0.4 is 0 Å². The summed E-state index contributed by atoms with van der Waals surface area (Å²) < 4.78 is 69.1. The fourth-order valence-corrected chi connectivity index (χ4v) is 15.8. The molecule has 7 atom stereocenters. The number of carbonyl (C=O) groups excluding carboxylic acids is 4. The van der Waals surface area contributed by atoms with E-state index in [1.165, 1.54) is 308 Å². The second-order valence-electron chi connectivity index (χ2n) is 33.2. The fourth-order valence-electron chi connectivity index (χ4n) is 14.2. The Morgan fingerprint density at radius 3 is 0.645 bits per heavy atom. The highest BCUT2D eigenvalue weighted by Crippen LogP contribution is 2.45. The Hall–Kier alpha value is -1.94. The molecule has 0 aliphatic carbocycles. The van der Waals surface area contributed by atoms with Crippen molar-refractivity contribution >= 4 is 39.5 Å². The molecule has 0 aliphatic heterocycles. The van der Waals surface area contributed by atoms with E-state index in [4.69, 9.17) is 37.0 Å². The first kappa shape index (κ1) is 108. The zero-order valence-corrected chi connectivity index (χ0v) is 74.4. The van der Waals surface area contributed by atoms with Crippen LogP contribution in [0, 0.1) is 11.8 Å². The Morgan fingerprint density at radius 1 is 0.255 bits per heavy atom. The van der Waals surface area contributed by atoms with Crippen molar-refractivity contribution in [1.29, 1.82) is 0 Å². The molecule has 0 heterocycles. The summed E-state index contributed by atoms with van der Waals surface area (Å²) in [6.45, 7) is 9.82. The van der Waals surface area contributed by atoms with Crippen molar-refractivity contribution in [3.8, 4) is 0 Å². The van der Waals surface area contributed by atoms with E-state index < -0.39 is 97.5 Å². The van der Waals surface area contributed by atoms with E-state index in [1.54, 1.807) is 0 Å². The quantitative estimate of drug-likeness (QED) is 0.0222. The first-order valence-electron chi connectivity index (χ1n) is 47.1. The minimum Gasteiger partial charge on any atom is -0.462 e. The number of phosphoric ester groups is 2. The molecule has 0 aromatic rings. The molecule has 110 heavy (non-hydrogen) atoms. The highest BCUT2D eigenvalue weighted by Gasteiger charge is 2.31. The molecule has 0 saturated heterocycles. The predicted octanol–water partition coefficient (Wildman–Crippen LogP) is 28.2. The van der Waals surface area contributed by atoms with Crippen LogP contribution in [0.25, 0.3) is 0 Å². The van der Waals surface area contributed by atoms with Crippen LogP contribution in [0.1, 0.15) is 491 Å². The lowest BCUT2D eigenvalue weighted by Gasteiger charge is -2.21. The van der Waals surface area contributed by atoms with Gasteiger partial charge in [0.2, 0.25) is 0 Å². The van der Waals surface area contributed by atoms with Gasteiger partial charge in [-0.2, -0.15) is 0 Å². The van der Waals surface area contributed by atoms with Crippen molar-refractivity contribution in [2.45, 2.75) is 509 Å². The Morgan fingerprint density at radius 2 is 0.436 bits per heavy atom. The minimum absolute atomic E-state index is 0.108. The van der Waals surface area contributed by atoms with Crippen LogP contribution in [0.4, 0.5) is 0 Å². The summed E-state index contributed by atoms with van der Waals surface area (Å²) in [5.41, 5.74) is 0. The van der Waals surface area contributed by atoms with Gasteiger partial charge in [-0.15, -0.1) is 0 Å². The van der Waals surface area contributed by atoms with Crippen molar-refractivity contribution in [1.82, 2.24) is 0 Å². The van der Waals surface area contributed by atoms with Crippen molar-refractivity contribution in [2.24, 2.45) is 11.8 Å². The van der Waals surface area contributed by atoms with E-state index in [0.29, 0.717) is 25.7 Å². The van der Waals surface area contributed by atoms with Crippen LogP contribution in [0.3, 0.4) is 0 Å². The number of phosphoric acid groups is 2. The summed E-state index contributed by atoms with van der Waals surface area (Å²) in [5, 5.41) is 10.7. The molecule has 0 spiro atoms. The van der Waals surface area contributed by atoms with Gasteiger partial charge in [-0.05, 0) is 37.5 Å². The maximum Gasteiger partial charge on any atom is 0.472 e. The van der Waals surface area contributed by atoms with Crippen LogP contribution in [0.2, 0.25) is 0 Å². The summed E-state index contributed by atoms with van der Waals surface area (Å²) in [6.07, 6.45) is 76.2. The zero-order valence-electron chi connectivity index (χ0n) is 72.6. The molecule has 0 saturated carbocycles. The van der Waals surface area contributed by atoms with Gasteiger partial charge in [-0.25, -0.2) is 9.13 Å². The van der Waals surface area contributed by atoms with E-state index in [-0.39, 0.29) is 25.7 Å². The van der Waals surface area contributed by atoms with E-state index in [0.717, 1.165) is 102 Å². The van der Waals surface area contributed by atoms with Gasteiger partial charge in [0.15, 0.2) is 12.2 Å². The maximum atomic E-state index is 13.2. The summed E-state index contributed by atoms with van der Waals surface area (Å²) >= 11 is 0. The standard InChI is InChI=1S/C91H178O17P2/c1-7-11-13-15-17-19-21-23-24-25-26-27-28-29-30-39-45-51-57-63-69-75-90(95)107-87(80-102-89(94)74-68-62-56-50-44-38-33-31-36-41-47-53-59-65-71-83(5)9-3)82-106-110(99,100)104-78-85(92)77-103-109(97,98)105-81-86(79-101-88(93)73-67-61-55-49-43-35-22-20-18-16-14-12-8-2)108-91(96)76-70-64-58-52-46-40-34-32-37-42-48-54-60-66-72-84(6)10-4/h83-87,92H,7-82H2,1-6H3,(H,97,98)(H,99,100)/t83?,84?,85-,86+,87+/m0/s1. The molecule has 0 rings (SSSR count). The molecule has 654 valence electrons. The highest BCUT2D eigenvalue weighted by molar-refractivity contribution is 7.47. The van der Waals surface area contributed by atoms with E-state index in [2.05, 4.69) is 41.5 Å². The Balaban J connectivity index is 5.27. The second-order valence-corrected chi connectivity index (χ2v) is 36.1. The topological polar surface area (TPSA) is 237 Å². The van der Waals surface area contributed by atoms with Crippen molar-refractivity contribution < 1.29 is 80.2 Å². The van der Waals surface area contributed by atoms with Gasteiger partial charge >= 0.3 is 39.5 Å². The Kier molecular flexibility index (Phi) is 80.7. The van der Waals surface area contributed by atoms with Crippen LogP contribution in [-0.2, 0) is 65.4 Å². The van der Waals surface area contributed by atoms with Gasteiger partial charge in [0.25, 0.3) is 0 Å². The van der Waals surface area contributed by atoms with Crippen LogP contribution in [-0.4, -0.2) is 96.7 Å². The summed E-state index contributed by atoms with van der Waals surface area (Å²) in [4.78, 5) is 73.5. The highest BCUT2D eigenvalue weighted by atomic mass is 31.2. The maximum absolute atomic E-state index is 13.2. The zero-order chi connectivity index (χ0) is 80.6. The molecule has 0 aromatic carbocycles. The van der Waals surface area contributed by atoms with Crippen LogP contribution in [0.15, 0.2) is 0 Å². The fraction of sp³-hybridized carbons (Fsp3) is 0.956. The number of aliphatic hydroxyl groups excluding tert-OH is 1. The first-order chi connectivity index (χ1) is 53.4. The summed E-state index contributed by atoms with van der Waals surface area (Å²) in [7, 11) is -9.94. The first-order valence-corrected chi connectivity index (χ1v) is 50.1. The molecule has 17 nitrogen and oxygen atoms in total. The van der Waals surface area contributed by atoms with Gasteiger partial charge in [0, 0.05) is 25.7 Å². The Bertz CT molecular complexity index is 2100. The van der Waals surface area contributed by atoms with Gasteiger partial charge in [0.05, 0.1) is 26.4 Å². The monoisotopic (exact) mass is 1610 g/mol. The molecule has 0 amide bonds. The molecule has 3 N–H and O–H groups in total. The lowest BCUT2D eigenvalue weighted by Crippen LogP contribution is -2.30. The van der Waals surface area contributed by atoms with Gasteiger partial charge in [-0.1, -0.05) is 440 Å². The number of carbonyl (C=O) groups is 4. The van der Waals surface area contributed by atoms with Crippen molar-refractivity contribution in [3.05, 3.63) is 0 Å². The number of esters is 4. The van der Waals surface area contributed by atoms with Crippen LogP contribution in [0.5, 0.6) is 0 Å². The third kappa shape index (κ3) is 81.2. The van der Waals surface area contributed by atoms with E-state index in [1.807, 2.05) is 0 Å². The normalized spacial score (nSPS) is 14.2. The molecule has 0 radical (unpaired) electrons. The number of hydrogen-bond donors (Lipinski definition) is 3. The molecule has 0 bridgehead atoms. The third-order valence-electron chi connectivity index (χ3n) is 22.2. The van der Waals surface area contributed by atoms with Gasteiger partial charge in [0.1, 0.15) is 19.3 Å². The van der Waals surface area contributed by atoms with Gasteiger partial charge < -0.3 is 33.8 Å². The van der Waals surface area contributed by atoms with E-state index in [9.17, 15) is 43.2 Å². The number of ether oxygens (including phenoxy) is 4. The van der Waals surface area contributed by atoms with Crippen LogP contribution >= 0.6 is 15.6 Å². The average Bonchev–Trinajstić information content (AvgIpc) is 0.898. The lowest BCUT2D eigenvalue weighted by atomic mass is 9.99. The number of hydrogen-bond acceptors (Lipinski definition) is 15. The van der Waals surface area contributed by atoms with E-state index >= 15 is 0 Å². The van der Waals surface area contributed by atoms with Crippen molar-refractivity contribution in [2.75, 3.05) is 39.6 Å². The minimum atomic E-state index is -4.97. The molecule has 0 aliphatic rings. The average molecular weight is 1610 g/mol. The predicted molar refractivity (Wildman–Crippen MR) is 455 cm³/mol. The number of aliphatic hydroxyl groups is 1. The Labute approximate surface area is 677 Å². The number of rotatable bonds is 90. The molecule has 4 unspecified atom stereocenters. The molecular formula is C91H178O17P2.